The second-order valence-electron chi connectivity index (χ2n) is 5.82. The number of H-pyrrole nitrogens is 1. The number of likely N-dealkylation sites (tertiary alicyclic amines) is 1. The van der Waals surface area contributed by atoms with Gasteiger partial charge in [-0.2, -0.15) is 0 Å². The zero-order valence-corrected chi connectivity index (χ0v) is 13.4. The van der Waals surface area contributed by atoms with E-state index in [-0.39, 0.29) is 5.91 Å². The van der Waals surface area contributed by atoms with Gasteiger partial charge >= 0.3 is 0 Å². The summed E-state index contributed by atoms with van der Waals surface area (Å²) >= 11 is 1.64. The molecule has 118 valence electrons. The maximum atomic E-state index is 11.9. The van der Waals surface area contributed by atoms with Crippen LogP contribution >= 0.6 is 11.3 Å². The summed E-state index contributed by atoms with van der Waals surface area (Å²) in [7, 11) is 0. The van der Waals surface area contributed by atoms with Crippen molar-refractivity contribution in [3.63, 3.8) is 0 Å². The minimum absolute atomic E-state index is 0.139. The Morgan fingerprint density at radius 2 is 2.32 bits per heavy atom. The molecule has 1 aliphatic rings. The van der Waals surface area contributed by atoms with E-state index in [9.17, 15) is 4.79 Å². The molecule has 2 aromatic heterocycles. The van der Waals surface area contributed by atoms with E-state index in [0.29, 0.717) is 12.3 Å². The molecule has 0 radical (unpaired) electrons. The van der Waals surface area contributed by atoms with E-state index in [2.05, 4.69) is 20.2 Å². The molecule has 0 aromatic carbocycles. The van der Waals surface area contributed by atoms with Gasteiger partial charge in [0.05, 0.1) is 13.0 Å². The molecule has 1 saturated heterocycles. The predicted molar refractivity (Wildman–Crippen MR) is 87.6 cm³/mol. The molecule has 0 aliphatic carbocycles. The lowest BCUT2D eigenvalue weighted by atomic mass is 9.96. The summed E-state index contributed by atoms with van der Waals surface area (Å²) in [5.41, 5.74) is 0. The summed E-state index contributed by atoms with van der Waals surface area (Å²) < 4.78 is 0. The molecule has 3 heterocycles. The van der Waals surface area contributed by atoms with Crippen LogP contribution in [0.1, 0.15) is 23.5 Å². The Balaban J connectivity index is 1.34. The quantitative estimate of drug-likeness (QED) is 0.857. The third-order valence-corrected chi connectivity index (χ3v) is 5.01. The molecule has 1 amide bonds. The Kier molecular flexibility index (Phi) is 5.24. The molecule has 2 N–H and O–H groups in total. The maximum Gasteiger partial charge on any atom is 0.225 e. The van der Waals surface area contributed by atoms with Crippen LogP contribution in [0, 0.1) is 5.92 Å². The van der Waals surface area contributed by atoms with Gasteiger partial charge in [0.1, 0.15) is 5.82 Å². The van der Waals surface area contributed by atoms with Gasteiger partial charge in [0.25, 0.3) is 0 Å². The lowest BCUT2D eigenvalue weighted by Gasteiger charge is -2.31. The molecule has 0 bridgehead atoms. The van der Waals surface area contributed by atoms with Crippen molar-refractivity contribution < 1.29 is 4.79 Å². The van der Waals surface area contributed by atoms with Gasteiger partial charge in [-0.15, -0.1) is 11.3 Å². The van der Waals surface area contributed by atoms with Crippen LogP contribution in [0.15, 0.2) is 29.9 Å². The highest BCUT2D eigenvalue weighted by atomic mass is 32.1. The minimum Gasteiger partial charge on any atom is -0.356 e. The fourth-order valence-electron chi connectivity index (χ4n) is 2.84. The lowest BCUT2D eigenvalue weighted by Crippen LogP contribution is -2.38. The van der Waals surface area contributed by atoms with E-state index >= 15 is 0 Å². The van der Waals surface area contributed by atoms with Crippen molar-refractivity contribution in [3.8, 4) is 0 Å². The highest BCUT2D eigenvalue weighted by molar-refractivity contribution is 7.10. The van der Waals surface area contributed by atoms with E-state index in [0.717, 1.165) is 49.7 Å². The number of amides is 1. The number of imidazole rings is 1. The zero-order chi connectivity index (χ0) is 15.2. The number of hydrogen-bond donors (Lipinski definition) is 2. The largest absolute Gasteiger partial charge is 0.356 e. The standard InChI is InChI=1S/C16H22N4OS/c21-16(10-14-2-1-9-22-14)19-11-13-3-7-20(8-4-13)12-15-17-5-6-18-15/h1-2,5-6,9,13H,3-4,7-8,10-12H2,(H,17,18)(H,19,21). The van der Waals surface area contributed by atoms with Gasteiger partial charge < -0.3 is 10.3 Å². The van der Waals surface area contributed by atoms with Crippen LogP contribution in [0.25, 0.3) is 0 Å². The number of carbonyl (C=O) groups excluding carboxylic acids is 1. The first-order valence-electron chi connectivity index (χ1n) is 7.79. The number of hydrogen-bond acceptors (Lipinski definition) is 4. The first-order chi connectivity index (χ1) is 10.8. The van der Waals surface area contributed by atoms with Crippen LogP contribution < -0.4 is 5.32 Å². The van der Waals surface area contributed by atoms with Gasteiger partial charge in [0.15, 0.2) is 0 Å². The van der Waals surface area contributed by atoms with Crippen LogP contribution in [0.3, 0.4) is 0 Å². The smallest absolute Gasteiger partial charge is 0.225 e. The normalized spacial score (nSPS) is 16.7. The maximum absolute atomic E-state index is 11.9. The van der Waals surface area contributed by atoms with Crippen LogP contribution in [0.4, 0.5) is 0 Å². The molecule has 0 saturated carbocycles. The van der Waals surface area contributed by atoms with E-state index in [1.807, 2.05) is 23.7 Å². The summed E-state index contributed by atoms with van der Waals surface area (Å²) in [6.07, 6.45) is 6.45. The number of piperidine rings is 1. The van der Waals surface area contributed by atoms with Gasteiger partial charge in [0, 0.05) is 23.8 Å². The number of nitrogens with one attached hydrogen (secondary N) is 2. The minimum atomic E-state index is 0.139. The summed E-state index contributed by atoms with van der Waals surface area (Å²) in [5.74, 6) is 1.77. The van der Waals surface area contributed by atoms with Crippen molar-refractivity contribution >= 4 is 17.2 Å². The SMILES string of the molecule is O=C(Cc1cccs1)NCC1CCN(Cc2ncc[nH]2)CC1. The van der Waals surface area contributed by atoms with Crippen molar-refractivity contribution in [1.82, 2.24) is 20.2 Å². The first kappa shape index (κ1) is 15.2. The van der Waals surface area contributed by atoms with E-state index in [4.69, 9.17) is 0 Å². The number of nitrogens with zero attached hydrogens (tertiary/aromatic N) is 2. The monoisotopic (exact) mass is 318 g/mol. The molecule has 1 fully saturated rings. The molecule has 6 heteroatoms. The van der Waals surface area contributed by atoms with Crippen molar-refractivity contribution in [2.45, 2.75) is 25.8 Å². The van der Waals surface area contributed by atoms with Crippen molar-refractivity contribution in [2.24, 2.45) is 5.92 Å². The van der Waals surface area contributed by atoms with Gasteiger partial charge in [-0.3, -0.25) is 9.69 Å². The average Bonchev–Trinajstić information content (AvgIpc) is 3.20. The van der Waals surface area contributed by atoms with Gasteiger partial charge in [-0.1, -0.05) is 6.07 Å². The zero-order valence-electron chi connectivity index (χ0n) is 12.6. The Morgan fingerprint density at radius 3 is 3.00 bits per heavy atom. The topological polar surface area (TPSA) is 61.0 Å². The van der Waals surface area contributed by atoms with Crippen molar-refractivity contribution in [1.29, 1.82) is 0 Å². The third kappa shape index (κ3) is 4.42. The Labute approximate surface area is 134 Å². The Morgan fingerprint density at radius 1 is 1.45 bits per heavy atom. The van der Waals surface area contributed by atoms with Crippen LogP contribution in [-0.4, -0.2) is 40.4 Å². The summed E-state index contributed by atoms with van der Waals surface area (Å²) in [4.78, 5) is 22.9. The molecule has 0 spiro atoms. The molecular formula is C16H22N4OS. The second kappa shape index (κ2) is 7.56. The van der Waals surface area contributed by atoms with E-state index in [1.165, 1.54) is 0 Å². The average molecular weight is 318 g/mol. The second-order valence-corrected chi connectivity index (χ2v) is 6.85. The first-order valence-corrected chi connectivity index (χ1v) is 8.67. The fraction of sp³-hybridized carbons (Fsp3) is 0.500. The molecule has 5 nitrogen and oxygen atoms in total. The number of rotatable bonds is 6. The summed E-state index contributed by atoms with van der Waals surface area (Å²) in [6, 6.07) is 4.00. The number of aromatic nitrogens is 2. The molecule has 0 atom stereocenters. The molecule has 2 aromatic rings. The van der Waals surface area contributed by atoms with Crippen LogP contribution in [0.5, 0.6) is 0 Å². The molecular weight excluding hydrogens is 296 g/mol. The van der Waals surface area contributed by atoms with Crippen LogP contribution in [0.2, 0.25) is 0 Å². The third-order valence-electron chi connectivity index (χ3n) is 4.14. The van der Waals surface area contributed by atoms with Gasteiger partial charge in [-0.25, -0.2) is 4.98 Å². The predicted octanol–water partition coefficient (Wildman–Crippen LogP) is 2.04. The van der Waals surface area contributed by atoms with E-state index < -0.39 is 0 Å². The van der Waals surface area contributed by atoms with Crippen LogP contribution in [-0.2, 0) is 17.8 Å². The fourth-order valence-corrected chi connectivity index (χ4v) is 3.54. The summed E-state index contributed by atoms with van der Waals surface area (Å²) in [5, 5.41) is 5.09. The highest BCUT2D eigenvalue weighted by Gasteiger charge is 2.20. The van der Waals surface area contributed by atoms with Gasteiger partial charge in [-0.05, 0) is 43.3 Å². The summed E-state index contributed by atoms with van der Waals surface area (Å²) in [6.45, 7) is 3.85. The number of thiophene rings is 1. The number of carbonyl (C=O) groups is 1. The molecule has 1 aliphatic heterocycles. The van der Waals surface area contributed by atoms with Gasteiger partial charge in [0.2, 0.25) is 5.91 Å². The lowest BCUT2D eigenvalue weighted by molar-refractivity contribution is -0.120. The highest BCUT2D eigenvalue weighted by Crippen LogP contribution is 2.17. The Bertz CT molecular complexity index is 559. The number of aromatic amines is 1. The van der Waals surface area contributed by atoms with Crippen molar-refractivity contribution in [3.05, 3.63) is 40.6 Å². The van der Waals surface area contributed by atoms with E-state index in [1.54, 1.807) is 17.5 Å². The van der Waals surface area contributed by atoms with Crippen molar-refractivity contribution in [2.75, 3.05) is 19.6 Å². The molecule has 3 rings (SSSR count). The molecule has 22 heavy (non-hydrogen) atoms. The Hall–Kier alpha value is -1.66. The molecule has 0 unspecified atom stereocenters.